The van der Waals surface area contributed by atoms with Crippen LogP contribution in [0.1, 0.15) is 30.9 Å². The highest BCUT2D eigenvalue weighted by Gasteiger charge is 2.34. The average molecular weight is 334 g/mol. The van der Waals surface area contributed by atoms with Crippen LogP contribution in [0.25, 0.3) is 0 Å². The fourth-order valence-corrected chi connectivity index (χ4v) is 1.69. The van der Waals surface area contributed by atoms with Gasteiger partial charge in [-0.3, -0.25) is 14.9 Å². The molecule has 0 aliphatic heterocycles. The molecule has 0 radical (unpaired) electrons. The lowest BCUT2D eigenvalue weighted by atomic mass is 10.1. The maximum Gasteiger partial charge on any atom is 0.416 e. The van der Waals surface area contributed by atoms with E-state index in [0.717, 1.165) is 12.1 Å². The molecule has 0 atom stereocenters. The molecule has 0 bridgehead atoms. The molecule has 9 heteroatoms. The van der Waals surface area contributed by atoms with E-state index in [4.69, 9.17) is 0 Å². The Bertz CT molecular complexity index is 615. The summed E-state index contributed by atoms with van der Waals surface area (Å²) in [6, 6.07) is 1.30. The van der Waals surface area contributed by atoms with Gasteiger partial charge in [-0.15, -0.1) is 0 Å². The summed E-state index contributed by atoms with van der Waals surface area (Å²) < 4.78 is 51.8. The van der Waals surface area contributed by atoms with Gasteiger partial charge in [-0.1, -0.05) is 13.0 Å². The summed E-state index contributed by atoms with van der Waals surface area (Å²) in [6.45, 7) is 0.773. The number of Topliss-reactive ketones (excluding diaryl/α,β-unsaturated/α-hetero) is 1. The smallest absolute Gasteiger partial charge is 0.334 e. The molecule has 5 nitrogen and oxygen atoms in total. The molecule has 126 valence electrons. The predicted octanol–water partition coefficient (Wildman–Crippen LogP) is 2.54. The van der Waals surface area contributed by atoms with Crippen LogP contribution in [-0.4, -0.2) is 17.7 Å². The second-order valence-electron chi connectivity index (χ2n) is 4.56. The van der Waals surface area contributed by atoms with Gasteiger partial charge in [0, 0.05) is 18.5 Å². The van der Waals surface area contributed by atoms with Crippen molar-refractivity contribution in [2.75, 3.05) is 0 Å². The highest BCUT2D eigenvalue weighted by molar-refractivity contribution is 6.04. The largest absolute Gasteiger partial charge is 0.416 e. The third kappa shape index (κ3) is 5.68. The lowest BCUT2D eigenvalue weighted by Crippen LogP contribution is -2.40. The summed E-state index contributed by atoms with van der Waals surface area (Å²) in [4.78, 5) is 33.7. The van der Waals surface area contributed by atoms with Crippen LogP contribution < -0.4 is 10.6 Å². The van der Waals surface area contributed by atoms with Crippen molar-refractivity contribution < 1.29 is 31.9 Å². The molecule has 1 rings (SSSR count). The Balaban J connectivity index is 2.70. The van der Waals surface area contributed by atoms with E-state index < -0.39 is 53.8 Å². The van der Waals surface area contributed by atoms with E-state index in [9.17, 15) is 31.9 Å². The fourth-order valence-electron chi connectivity index (χ4n) is 1.69. The number of ketones is 1. The monoisotopic (exact) mass is 334 g/mol. The number of hydrogen-bond acceptors (Lipinski definition) is 3. The number of amides is 3. The van der Waals surface area contributed by atoms with Crippen molar-refractivity contribution >= 4 is 17.7 Å². The maximum absolute atomic E-state index is 13.5. The first-order valence-corrected chi connectivity index (χ1v) is 6.59. The minimum Gasteiger partial charge on any atom is -0.334 e. The van der Waals surface area contributed by atoms with E-state index in [2.05, 4.69) is 0 Å². The van der Waals surface area contributed by atoms with Crippen LogP contribution in [0.5, 0.6) is 0 Å². The van der Waals surface area contributed by atoms with Crippen molar-refractivity contribution in [1.82, 2.24) is 10.6 Å². The SMILES string of the molecule is CCC(=O)CC(=O)NC(=O)NCc1c(F)cccc1C(F)(F)F. The van der Waals surface area contributed by atoms with Gasteiger partial charge in [-0.25, -0.2) is 9.18 Å². The molecule has 0 saturated carbocycles. The van der Waals surface area contributed by atoms with Gasteiger partial charge >= 0.3 is 12.2 Å². The third-order valence-electron chi connectivity index (χ3n) is 2.85. The molecule has 0 unspecified atom stereocenters. The number of imide groups is 1. The maximum atomic E-state index is 13.5. The molecule has 0 heterocycles. The summed E-state index contributed by atoms with van der Waals surface area (Å²) in [5.41, 5.74) is -1.96. The van der Waals surface area contributed by atoms with E-state index in [1.54, 1.807) is 5.32 Å². The number of nitrogens with one attached hydrogen (secondary N) is 2. The van der Waals surface area contributed by atoms with Crippen LogP contribution in [0.4, 0.5) is 22.4 Å². The van der Waals surface area contributed by atoms with Crippen LogP contribution in [0.3, 0.4) is 0 Å². The van der Waals surface area contributed by atoms with Crippen LogP contribution in [0.2, 0.25) is 0 Å². The average Bonchev–Trinajstić information content (AvgIpc) is 2.44. The minimum absolute atomic E-state index is 0.110. The van der Waals surface area contributed by atoms with Gasteiger partial charge in [0.1, 0.15) is 11.6 Å². The first-order chi connectivity index (χ1) is 10.6. The molecule has 0 spiro atoms. The molecule has 2 N–H and O–H groups in total. The zero-order valence-corrected chi connectivity index (χ0v) is 12.1. The Morgan fingerprint density at radius 2 is 1.83 bits per heavy atom. The second-order valence-corrected chi connectivity index (χ2v) is 4.56. The molecule has 1 aromatic rings. The van der Waals surface area contributed by atoms with E-state index in [1.807, 2.05) is 5.32 Å². The Labute approximate surface area is 129 Å². The van der Waals surface area contributed by atoms with Gasteiger partial charge in [-0.05, 0) is 12.1 Å². The molecule has 0 fully saturated rings. The zero-order chi connectivity index (χ0) is 17.6. The fraction of sp³-hybridized carbons (Fsp3) is 0.357. The second kappa shape index (κ2) is 7.70. The summed E-state index contributed by atoms with van der Waals surface area (Å²) in [7, 11) is 0. The highest BCUT2D eigenvalue weighted by atomic mass is 19.4. The number of urea groups is 1. The molecule has 0 aliphatic rings. The molecule has 0 aliphatic carbocycles. The molecular weight excluding hydrogens is 320 g/mol. The van der Waals surface area contributed by atoms with Gasteiger partial charge in [0.2, 0.25) is 5.91 Å². The molecule has 23 heavy (non-hydrogen) atoms. The summed E-state index contributed by atoms with van der Waals surface area (Å²) in [5.74, 6) is -2.42. The van der Waals surface area contributed by atoms with Crippen molar-refractivity contribution in [2.45, 2.75) is 32.5 Å². The van der Waals surface area contributed by atoms with Crippen LogP contribution >= 0.6 is 0 Å². The zero-order valence-electron chi connectivity index (χ0n) is 12.1. The van der Waals surface area contributed by atoms with Crippen LogP contribution in [0, 0.1) is 5.82 Å². The topological polar surface area (TPSA) is 75.3 Å². The Morgan fingerprint density at radius 3 is 2.39 bits per heavy atom. The third-order valence-corrected chi connectivity index (χ3v) is 2.85. The van der Waals surface area contributed by atoms with Crippen molar-refractivity contribution in [2.24, 2.45) is 0 Å². The van der Waals surface area contributed by atoms with Gasteiger partial charge in [0.15, 0.2) is 0 Å². The quantitative estimate of drug-likeness (QED) is 0.642. The number of carbonyl (C=O) groups excluding carboxylic acids is 3. The van der Waals surface area contributed by atoms with Gasteiger partial charge in [0.25, 0.3) is 0 Å². The van der Waals surface area contributed by atoms with E-state index >= 15 is 0 Å². The molecule has 3 amide bonds. The molecule has 0 saturated heterocycles. The number of hydrogen-bond donors (Lipinski definition) is 2. The van der Waals surface area contributed by atoms with Crippen molar-refractivity contribution in [3.05, 3.63) is 35.1 Å². The number of halogens is 4. The Hall–Kier alpha value is -2.45. The first-order valence-electron chi connectivity index (χ1n) is 6.59. The van der Waals surface area contributed by atoms with Gasteiger partial charge in [0.05, 0.1) is 12.0 Å². The number of alkyl halides is 3. The van der Waals surface area contributed by atoms with Crippen molar-refractivity contribution in [3.63, 3.8) is 0 Å². The van der Waals surface area contributed by atoms with Gasteiger partial charge < -0.3 is 5.32 Å². The normalized spacial score (nSPS) is 11.0. The van der Waals surface area contributed by atoms with Crippen LogP contribution in [-0.2, 0) is 22.3 Å². The highest BCUT2D eigenvalue weighted by Crippen LogP contribution is 2.32. The Kier molecular flexibility index (Phi) is 6.23. The lowest BCUT2D eigenvalue weighted by molar-refractivity contribution is -0.138. The first kappa shape index (κ1) is 18.6. The molecule has 1 aromatic carbocycles. The lowest BCUT2D eigenvalue weighted by Gasteiger charge is -2.14. The minimum atomic E-state index is -4.78. The standard InChI is InChI=1S/C14H14F4N2O3/c1-2-8(21)6-12(22)20-13(23)19-7-9-10(14(16,17)18)4-3-5-11(9)15/h3-5H,2,6-7H2,1H3,(H2,19,20,22,23). The number of carbonyl (C=O) groups is 3. The van der Waals surface area contributed by atoms with Crippen molar-refractivity contribution in [1.29, 1.82) is 0 Å². The Morgan fingerprint density at radius 1 is 1.17 bits per heavy atom. The van der Waals surface area contributed by atoms with Crippen LogP contribution in [0.15, 0.2) is 18.2 Å². The summed E-state index contributed by atoms with van der Waals surface area (Å²) in [6.07, 6.45) is -5.18. The molecular formula is C14H14F4N2O3. The van der Waals surface area contributed by atoms with E-state index in [0.29, 0.717) is 6.07 Å². The van der Waals surface area contributed by atoms with E-state index in [1.165, 1.54) is 6.92 Å². The number of benzene rings is 1. The summed E-state index contributed by atoms with van der Waals surface area (Å²) in [5, 5.41) is 3.73. The predicted molar refractivity (Wildman–Crippen MR) is 71.7 cm³/mol. The molecule has 0 aromatic heterocycles. The van der Waals surface area contributed by atoms with Gasteiger partial charge in [-0.2, -0.15) is 13.2 Å². The summed E-state index contributed by atoms with van der Waals surface area (Å²) >= 11 is 0. The van der Waals surface area contributed by atoms with Crippen molar-refractivity contribution in [3.8, 4) is 0 Å². The number of rotatable bonds is 5. The van der Waals surface area contributed by atoms with E-state index in [-0.39, 0.29) is 6.42 Å².